The first-order valence-electron chi connectivity index (χ1n) is 5.43. The topological polar surface area (TPSA) is 45.2 Å². The van der Waals surface area contributed by atoms with E-state index in [-0.39, 0.29) is 20.4 Å². The van der Waals surface area contributed by atoms with Crippen LogP contribution in [0.5, 0.6) is 0 Å². The van der Waals surface area contributed by atoms with Crippen molar-refractivity contribution in [1.29, 1.82) is 0 Å². The van der Waals surface area contributed by atoms with Gasteiger partial charge in [-0.2, -0.15) is 0 Å². The van der Waals surface area contributed by atoms with Crippen molar-refractivity contribution >= 4 is 16.6 Å². The Kier molecular flexibility index (Phi) is 4.73. The van der Waals surface area contributed by atoms with Gasteiger partial charge in [-0.25, -0.2) is 0 Å². The molecule has 3 nitrogen and oxygen atoms in total. The average Bonchev–Trinajstić information content (AvgIpc) is 2.26. The largest absolute Gasteiger partial charge is 1.00 e. The summed E-state index contributed by atoms with van der Waals surface area (Å²) in [4.78, 5) is 4.48. The van der Waals surface area contributed by atoms with Crippen molar-refractivity contribution in [3.63, 3.8) is 0 Å². The number of rotatable bonds is 3. The van der Waals surface area contributed by atoms with Gasteiger partial charge in [0.05, 0.1) is 12.1 Å². The van der Waals surface area contributed by atoms with Crippen LogP contribution < -0.4 is 17.7 Å². The van der Waals surface area contributed by atoms with Crippen LogP contribution in [0.15, 0.2) is 24.3 Å². The molecule has 17 heavy (non-hydrogen) atoms. The number of benzene rings is 1. The highest BCUT2D eigenvalue weighted by atomic mass is 35.5. The Labute approximate surface area is 109 Å². The van der Waals surface area contributed by atoms with Gasteiger partial charge in [-0.3, -0.25) is 4.98 Å². The van der Waals surface area contributed by atoms with Crippen molar-refractivity contribution in [3.8, 4) is 0 Å². The van der Waals surface area contributed by atoms with E-state index in [2.05, 4.69) is 29.4 Å². The highest BCUT2D eigenvalue weighted by molar-refractivity contribution is 5.91. The van der Waals surface area contributed by atoms with Crippen LogP contribution in [0.1, 0.15) is 12.7 Å². The number of hydrogen-bond donors (Lipinski definition) is 2. The zero-order valence-electron chi connectivity index (χ0n) is 11.0. The lowest BCUT2D eigenvalue weighted by molar-refractivity contribution is -0.00000450. The van der Waals surface area contributed by atoms with E-state index in [1.807, 2.05) is 19.1 Å². The number of halogens is 1. The molecule has 0 aliphatic rings. The molecule has 0 unspecified atom stereocenters. The third-order valence-corrected chi connectivity index (χ3v) is 2.52. The van der Waals surface area contributed by atoms with Crippen LogP contribution >= 0.6 is 0 Å². The number of anilines is 1. The number of aromatic nitrogens is 1. The zero-order valence-corrected chi connectivity index (χ0v) is 10.8. The van der Waals surface area contributed by atoms with Crippen LogP contribution in [0, 0.1) is 13.8 Å². The summed E-state index contributed by atoms with van der Waals surface area (Å²) in [6, 6.07) is 8.21. The van der Waals surface area contributed by atoms with E-state index in [1.165, 1.54) is 5.56 Å². The van der Waals surface area contributed by atoms with E-state index in [9.17, 15) is 0 Å². The second-order valence-corrected chi connectivity index (χ2v) is 3.98. The number of aryl methyl sites for hydroxylation is 2. The molecule has 0 saturated carbocycles. The fraction of sp³-hybridized carbons (Fsp3) is 0.308. The molecule has 0 atom stereocenters. The Balaban J connectivity index is 0.00000144. The van der Waals surface area contributed by atoms with Crippen molar-refractivity contribution < 1.29 is 18.9 Å². The normalized spacial score (nSPS) is 10.1. The lowest BCUT2D eigenvalue weighted by Gasteiger charge is -2.10. The number of fused-ring (bicyclic) bond motifs is 1. The van der Waals surface area contributed by atoms with Crippen LogP contribution in [-0.4, -0.2) is 23.2 Å². The molecule has 2 rings (SSSR count). The first-order valence-corrected chi connectivity index (χ1v) is 5.43. The molecule has 2 aromatic rings. The molecule has 92 valence electrons. The predicted octanol–water partition coefficient (Wildman–Crippen LogP) is -0.628. The molecule has 0 spiro atoms. The summed E-state index contributed by atoms with van der Waals surface area (Å²) < 4.78 is 0. The lowest BCUT2D eigenvalue weighted by atomic mass is 10.1. The minimum atomic E-state index is 0. The second-order valence-electron chi connectivity index (χ2n) is 3.98. The Morgan fingerprint density at radius 2 is 2.06 bits per heavy atom. The van der Waals surface area contributed by atoms with Gasteiger partial charge in [0.15, 0.2) is 0 Å². The molecule has 1 aromatic heterocycles. The molecular weight excluding hydrogens is 236 g/mol. The Morgan fingerprint density at radius 1 is 1.29 bits per heavy atom. The molecule has 0 bridgehead atoms. The summed E-state index contributed by atoms with van der Waals surface area (Å²) in [7, 11) is 0. The summed E-state index contributed by atoms with van der Waals surface area (Å²) >= 11 is 0. The van der Waals surface area contributed by atoms with Gasteiger partial charge < -0.3 is 22.8 Å². The van der Waals surface area contributed by atoms with Gasteiger partial charge in [0.2, 0.25) is 0 Å². The maximum absolute atomic E-state index is 8.85. The van der Waals surface area contributed by atoms with E-state index >= 15 is 0 Å². The first-order chi connectivity index (χ1) is 7.70. The van der Waals surface area contributed by atoms with Gasteiger partial charge in [-0.05, 0) is 32.0 Å². The summed E-state index contributed by atoms with van der Waals surface area (Å²) in [5, 5.41) is 13.2. The molecule has 0 amide bonds. The van der Waals surface area contributed by atoms with Crippen LogP contribution in [0.4, 0.5) is 5.69 Å². The molecular formula is C13H17ClN2O. The summed E-state index contributed by atoms with van der Waals surface area (Å²) in [5.41, 5.74) is 4.23. The smallest absolute Gasteiger partial charge is 1.00 e. The molecule has 1 aromatic carbocycles. The number of nitrogens with one attached hydrogen (secondary N) is 1. The summed E-state index contributed by atoms with van der Waals surface area (Å²) in [6.07, 6.45) is 0. The molecule has 4 heteroatoms. The van der Waals surface area contributed by atoms with E-state index in [1.54, 1.807) is 0 Å². The number of aliphatic hydroxyl groups is 1. The molecule has 0 saturated heterocycles. The maximum Gasteiger partial charge on any atom is 1.00 e. The van der Waals surface area contributed by atoms with Gasteiger partial charge in [-0.1, -0.05) is 11.6 Å². The van der Waals surface area contributed by atoms with Gasteiger partial charge in [0.25, 0.3) is 0 Å². The number of hydrogen-bond acceptors (Lipinski definition) is 3. The summed E-state index contributed by atoms with van der Waals surface area (Å²) in [6.45, 7) is 4.74. The Bertz CT molecular complexity index is 520. The van der Waals surface area contributed by atoms with Crippen LogP contribution in [0.25, 0.3) is 10.9 Å². The lowest BCUT2D eigenvalue weighted by Crippen LogP contribution is -3.00. The molecule has 0 fully saturated rings. The van der Waals surface area contributed by atoms with Crippen LogP contribution in [-0.2, 0) is 0 Å². The molecule has 2 N–H and O–H groups in total. The Morgan fingerprint density at radius 3 is 2.76 bits per heavy atom. The van der Waals surface area contributed by atoms with Crippen molar-refractivity contribution in [1.82, 2.24) is 4.98 Å². The van der Waals surface area contributed by atoms with E-state index in [4.69, 9.17) is 5.11 Å². The first kappa shape index (κ1) is 13.7. The third kappa shape index (κ3) is 3.08. The van der Waals surface area contributed by atoms with Gasteiger partial charge >= 0.3 is 1.43 Å². The minimum Gasteiger partial charge on any atom is -1.00 e. The highest BCUT2D eigenvalue weighted by Gasteiger charge is 2.03. The molecule has 1 heterocycles. The second kappa shape index (κ2) is 5.84. The van der Waals surface area contributed by atoms with E-state index in [0.717, 1.165) is 22.3 Å². The van der Waals surface area contributed by atoms with Crippen molar-refractivity contribution in [2.75, 3.05) is 18.5 Å². The fourth-order valence-electron chi connectivity index (χ4n) is 1.81. The van der Waals surface area contributed by atoms with Crippen LogP contribution in [0.2, 0.25) is 0 Å². The SMILES string of the molecule is Cc1ccc2nc(C)cc(NCCO)c2c1.[Cl-].[H+]. The minimum absolute atomic E-state index is 0. The maximum atomic E-state index is 8.85. The average molecular weight is 253 g/mol. The van der Waals surface area contributed by atoms with E-state index < -0.39 is 0 Å². The molecule has 0 aliphatic heterocycles. The monoisotopic (exact) mass is 252 g/mol. The van der Waals surface area contributed by atoms with E-state index in [0.29, 0.717) is 6.54 Å². The Hall–Kier alpha value is -1.32. The van der Waals surface area contributed by atoms with Crippen LogP contribution in [0.3, 0.4) is 0 Å². The standard InChI is InChI=1S/C13H16N2O.ClH/c1-9-3-4-12-11(7-9)13(14-5-6-16)8-10(2)15-12;/h3-4,7-8,16H,5-6H2,1-2H3,(H,14,15);1H. The van der Waals surface area contributed by atoms with Crippen molar-refractivity contribution in [3.05, 3.63) is 35.5 Å². The van der Waals surface area contributed by atoms with Crippen molar-refractivity contribution in [2.24, 2.45) is 0 Å². The number of nitrogens with zero attached hydrogens (tertiary/aromatic N) is 1. The van der Waals surface area contributed by atoms with Crippen molar-refractivity contribution in [2.45, 2.75) is 13.8 Å². The molecule has 0 radical (unpaired) electrons. The highest BCUT2D eigenvalue weighted by Crippen LogP contribution is 2.23. The predicted molar refractivity (Wildman–Crippen MR) is 67.9 cm³/mol. The number of pyridine rings is 1. The van der Waals surface area contributed by atoms with Gasteiger partial charge in [0.1, 0.15) is 0 Å². The van der Waals surface area contributed by atoms with Gasteiger partial charge in [0, 0.05) is 23.3 Å². The fourth-order valence-corrected chi connectivity index (χ4v) is 1.81. The third-order valence-electron chi connectivity index (χ3n) is 2.52. The zero-order chi connectivity index (χ0) is 11.5. The molecule has 0 aliphatic carbocycles. The quantitative estimate of drug-likeness (QED) is 0.765. The summed E-state index contributed by atoms with van der Waals surface area (Å²) in [5.74, 6) is 0. The van der Waals surface area contributed by atoms with Gasteiger partial charge in [-0.15, -0.1) is 0 Å². The number of aliphatic hydroxyl groups excluding tert-OH is 1.